The molecule has 1 N–H and O–H groups in total. The molecule has 0 saturated carbocycles. The maximum atomic E-state index is 5.79. The normalized spacial score (nSPS) is 24.0. The lowest BCUT2D eigenvalue weighted by Crippen LogP contribution is -2.50. The van der Waals surface area contributed by atoms with Crippen molar-refractivity contribution in [2.75, 3.05) is 39.3 Å². The Morgan fingerprint density at radius 1 is 1.23 bits per heavy atom. The van der Waals surface area contributed by atoms with Crippen molar-refractivity contribution in [3.63, 3.8) is 0 Å². The van der Waals surface area contributed by atoms with Gasteiger partial charge < -0.3 is 10.1 Å². The van der Waals surface area contributed by atoms with E-state index in [0.717, 1.165) is 18.3 Å². The second kappa shape index (κ2) is 7.44. The lowest BCUT2D eigenvalue weighted by atomic mass is 10.1. The van der Waals surface area contributed by atoms with Gasteiger partial charge in [-0.3, -0.25) is 9.80 Å². The van der Waals surface area contributed by atoms with E-state index in [2.05, 4.69) is 53.2 Å². The minimum atomic E-state index is 0.235. The van der Waals surface area contributed by atoms with E-state index in [-0.39, 0.29) is 6.10 Å². The molecule has 3 rings (SSSR count). The van der Waals surface area contributed by atoms with Crippen LogP contribution in [0.4, 0.5) is 0 Å². The Morgan fingerprint density at radius 2 is 2.05 bits per heavy atom. The SMILES string of the molecule is CC(C)Oc1cccc(CN2CCN(C3CCNC3)CC2)c1. The van der Waals surface area contributed by atoms with Gasteiger partial charge in [0.2, 0.25) is 0 Å². The molecule has 0 amide bonds. The third-order valence-electron chi connectivity index (χ3n) is 4.63. The summed E-state index contributed by atoms with van der Waals surface area (Å²) >= 11 is 0. The van der Waals surface area contributed by atoms with Crippen LogP contribution < -0.4 is 10.1 Å². The zero-order chi connectivity index (χ0) is 15.4. The number of hydrogen-bond donors (Lipinski definition) is 1. The number of nitrogens with one attached hydrogen (secondary N) is 1. The number of nitrogens with zero attached hydrogens (tertiary/aromatic N) is 2. The van der Waals surface area contributed by atoms with Gasteiger partial charge in [-0.1, -0.05) is 12.1 Å². The summed E-state index contributed by atoms with van der Waals surface area (Å²) in [4.78, 5) is 5.22. The van der Waals surface area contributed by atoms with Crippen LogP contribution >= 0.6 is 0 Å². The van der Waals surface area contributed by atoms with Crippen LogP contribution in [0, 0.1) is 0 Å². The van der Waals surface area contributed by atoms with Crippen molar-refractivity contribution in [1.82, 2.24) is 15.1 Å². The summed E-state index contributed by atoms with van der Waals surface area (Å²) in [5.74, 6) is 0.989. The summed E-state index contributed by atoms with van der Waals surface area (Å²) in [6.45, 7) is 12.3. The van der Waals surface area contributed by atoms with E-state index in [1.165, 1.54) is 51.3 Å². The van der Waals surface area contributed by atoms with Crippen molar-refractivity contribution < 1.29 is 4.74 Å². The van der Waals surface area contributed by atoms with Gasteiger partial charge in [-0.15, -0.1) is 0 Å². The van der Waals surface area contributed by atoms with E-state index in [0.29, 0.717) is 0 Å². The summed E-state index contributed by atoms with van der Waals surface area (Å²) in [5, 5.41) is 3.47. The first-order valence-corrected chi connectivity index (χ1v) is 8.63. The summed E-state index contributed by atoms with van der Waals surface area (Å²) in [6.07, 6.45) is 1.55. The predicted octanol–water partition coefficient (Wildman–Crippen LogP) is 1.95. The first kappa shape index (κ1) is 15.8. The Kier molecular flexibility index (Phi) is 5.34. The molecular weight excluding hydrogens is 274 g/mol. The van der Waals surface area contributed by atoms with E-state index in [1.807, 2.05) is 0 Å². The quantitative estimate of drug-likeness (QED) is 0.900. The Balaban J connectivity index is 1.50. The predicted molar refractivity (Wildman–Crippen MR) is 90.3 cm³/mol. The monoisotopic (exact) mass is 303 g/mol. The van der Waals surface area contributed by atoms with Crippen LogP contribution in [0.25, 0.3) is 0 Å². The minimum absolute atomic E-state index is 0.235. The highest BCUT2D eigenvalue weighted by molar-refractivity contribution is 5.28. The molecule has 2 aliphatic rings. The molecule has 122 valence electrons. The first-order chi connectivity index (χ1) is 10.7. The first-order valence-electron chi connectivity index (χ1n) is 8.63. The highest BCUT2D eigenvalue weighted by Crippen LogP contribution is 2.18. The van der Waals surface area contributed by atoms with Gasteiger partial charge >= 0.3 is 0 Å². The smallest absolute Gasteiger partial charge is 0.120 e. The summed E-state index contributed by atoms with van der Waals surface area (Å²) in [7, 11) is 0. The van der Waals surface area contributed by atoms with Crippen LogP contribution in [0.1, 0.15) is 25.8 Å². The molecule has 2 fully saturated rings. The van der Waals surface area contributed by atoms with Crippen LogP contribution in [-0.4, -0.2) is 61.2 Å². The molecule has 0 spiro atoms. The standard InChI is InChI=1S/C18H29N3O/c1-15(2)22-18-5-3-4-16(12-18)14-20-8-10-21(11-9-20)17-6-7-19-13-17/h3-5,12,15,17,19H,6-11,13-14H2,1-2H3. The maximum absolute atomic E-state index is 5.79. The van der Waals surface area contributed by atoms with Crippen molar-refractivity contribution >= 4 is 0 Å². The van der Waals surface area contributed by atoms with Gasteiger partial charge in [-0.2, -0.15) is 0 Å². The fourth-order valence-electron chi connectivity index (χ4n) is 3.49. The van der Waals surface area contributed by atoms with Crippen LogP contribution in [0.2, 0.25) is 0 Å². The molecule has 0 bridgehead atoms. The average molecular weight is 303 g/mol. The van der Waals surface area contributed by atoms with Gasteiger partial charge in [0.1, 0.15) is 5.75 Å². The van der Waals surface area contributed by atoms with Gasteiger partial charge in [-0.25, -0.2) is 0 Å². The van der Waals surface area contributed by atoms with Crippen molar-refractivity contribution in [1.29, 1.82) is 0 Å². The van der Waals surface area contributed by atoms with Crippen LogP contribution in [0.5, 0.6) is 5.75 Å². The molecule has 4 nitrogen and oxygen atoms in total. The van der Waals surface area contributed by atoms with E-state index < -0.39 is 0 Å². The molecule has 1 aromatic rings. The molecule has 2 heterocycles. The number of ether oxygens (including phenoxy) is 1. The summed E-state index contributed by atoms with van der Waals surface area (Å²) in [5.41, 5.74) is 1.36. The van der Waals surface area contributed by atoms with E-state index >= 15 is 0 Å². The molecule has 2 aliphatic heterocycles. The molecule has 4 heteroatoms. The molecule has 1 unspecified atom stereocenters. The number of benzene rings is 1. The third kappa shape index (κ3) is 4.22. The highest BCUT2D eigenvalue weighted by atomic mass is 16.5. The van der Waals surface area contributed by atoms with Gasteiger partial charge in [-0.05, 0) is 44.5 Å². The van der Waals surface area contributed by atoms with Crippen molar-refractivity contribution in [3.05, 3.63) is 29.8 Å². The maximum Gasteiger partial charge on any atom is 0.120 e. The molecule has 22 heavy (non-hydrogen) atoms. The molecule has 0 radical (unpaired) electrons. The van der Waals surface area contributed by atoms with Crippen molar-refractivity contribution in [2.45, 2.75) is 39.0 Å². The Morgan fingerprint density at radius 3 is 2.73 bits per heavy atom. The second-order valence-corrected chi connectivity index (χ2v) is 6.77. The molecule has 0 aliphatic carbocycles. The molecule has 1 atom stereocenters. The van der Waals surface area contributed by atoms with Crippen LogP contribution in [0.3, 0.4) is 0 Å². The fourth-order valence-corrected chi connectivity index (χ4v) is 3.49. The third-order valence-corrected chi connectivity index (χ3v) is 4.63. The molecule has 2 saturated heterocycles. The zero-order valence-corrected chi connectivity index (χ0v) is 13.9. The lowest BCUT2D eigenvalue weighted by Gasteiger charge is -2.37. The summed E-state index contributed by atoms with van der Waals surface area (Å²) in [6, 6.07) is 9.32. The van der Waals surface area contributed by atoms with Gasteiger partial charge in [0.05, 0.1) is 6.10 Å². The van der Waals surface area contributed by atoms with Crippen molar-refractivity contribution in [3.8, 4) is 5.75 Å². The topological polar surface area (TPSA) is 27.7 Å². The van der Waals surface area contributed by atoms with Gasteiger partial charge in [0, 0.05) is 45.3 Å². The Labute approximate surface area is 134 Å². The number of rotatable bonds is 5. The van der Waals surface area contributed by atoms with Crippen LogP contribution in [0.15, 0.2) is 24.3 Å². The second-order valence-electron chi connectivity index (χ2n) is 6.77. The molecule has 0 aromatic heterocycles. The Bertz CT molecular complexity index is 463. The molecule has 1 aromatic carbocycles. The van der Waals surface area contributed by atoms with Gasteiger partial charge in [0.15, 0.2) is 0 Å². The number of piperazine rings is 1. The average Bonchev–Trinajstić information content (AvgIpc) is 3.02. The zero-order valence-electron chi connectivity index (χ0n) is 13.9. The minimum Gasteiger partial charge on any atom is -0.491 e. The van der Waals surface area contributed by atoms with Gasteiger partial charge in [0.25, 0.3) is 0 Å². The van der Waals surface area contributed by atoms with E-state index in [4.69, 9.17) is 4.74 Å². The van der Waals surface area contributed by atoms with E-state index in [9.17, 15) is 0 Å². The Hall–Kier alpha value is -1.10. The molecular formula is C18H29N3O. The largest absolute Gasteiger partial charge is 0.491 e. The fraction of sp³-hybridized carbons (Fsp3) is 0.667. The van der Waals surface area contributed by atoms with Crippen LogP contribution in [-0.2, 0) is 6.54 Å². The lowest BCUT2D eigenvalue weighted by molar-refractivity contribution is 0.0980. The number of hydrogen-bond acceptors (Lipinski definition) is 4. The van der Waals surface area contributed by atoms with E-state index in [1.54, 1.807) is 0 Å². The summed E-state index contributed by atoms with van der Waals surface area (Å²) < 4.78 is 5.79. The highest BCUT2D eigenvalue weighted by Gasteiger charge is 2.25. The van der Waals surface area contributed by atoms with Crippen molar-refractivity contribution in [2.24, 2.45) is 0 Å².